The highest BCUT2D eigenvalue weighted by Crippen LogP contribution is 2.29. The minimum atomic E-state index is 0.488. The van der Waals surface area contributed by atoms with Crippen molar-refractivity contribution in [3.8, 4) is 11.5 Å². The zero-order chi connectivity index (χ0) is 11.7. The van der Waals surface area contributed by atoms with Crippen molar-refractivity contribution in [1.29, 1.82) is 0 Å². The molecule has 17 heavy (non-hydrogen) atoms. The molecular formula is C13H18N2O2. The lowest BCUT2D eigenvalue weighted by Crippen LogP contribution is -2.52. The van der Waals surface area contributed by atoms with Crippen LogP contribution in [0.25, 0.3) is 0 Å². The van der Waals surface area contributed by atoms with Gasteiger partial charge in [-0.25, -0.2) is 0 Å². The standard InChI is InChI=1S/C13H18N2O2/c1-16-12-2-3-13-10(6-12)8-15-5-4-14-7-11(15)9-17-13/h2-3,6,11,14H,4-5,7-9H2,1H3. The topological polar surface area (TPSA) is 33.7 Å². The minimum absolute atomic E-state index is 0.488. The van der Waals surface area contributed by atoms with Crippen molar-refractivity contribution < 1.29 is 9.47 Å². The lowest BCUT2D eigenvalue weighted by Gasteiger charge is -2.33. The Kier molecular flexibility index (Phi) is 2.91. The molecule has 2 aliphatic heterocycles. The van der Waals surface area contributed by atoms with Gasteiger partial charge in [0.2, 0.25) is 0 Å². The van der Waals surface area contributed by atoms with E-state index in [2.05, 4.69) is 16.3 Å². The lowest BCUT2D eigenvalue weighted by molar-refractivity contribution is 0.120. The average molecular weight is 234 g/mol. The summed E-state index contributed by atoms with van der Waals surface area (Å²) in [5.41, 5.74) is 1.23. The summed E-state index contributed by atoms with van der Waals surface area (Å²) in [5.74, 6) is 1.90. The maximum absolute atomic E-state index is 5.88. The van der Waals surface area contributed by atoms with Crippen molar-refractivity contribution in [2.75, 3.05) is 33.4 Å². The number of nitrogens with zero attached hydrogens (tertiary/aromatic N) is 1. The molecule has 1 atom stereocenters. The Bertz CT molecular complexity index is 408. The van der Waals surface area contributed by atoms with Crippen molar-refractivity contribution >= 4 is 0 Å². The van der Waals surface area contributed by atoms with Gasteiger partial charge in [0.15, 0.2) is 0 Å². The molecule has 0 saturated carbocycles. The highest BCUT2D eigenvalue weighted by molar-refractivity contribution is 5.40. The van der Waals surface area contributed by atoms with Crippen LogP contribution >= 0.6 is 0 Å². The molecule has 0 bridgehead atoms. The smallest absolute Gasteiger partial charge is 0.124 e. The molecule has 0 aliphatic carbocycles. The summed E-state index contributed by atoms with van der Waals surface area (Å²) in [6.07, 6.45) is 0. The molecule has 1 saturated heterocycles. The summed E-state index contributed by atoms with van der Waals surface area (Å²) in [7, 11) is 1.70. The summed E-state index contributed by atoms with van der Waals surface area (Å²) >= 11 is 0. The van der Waals surface area contributed by atoms with Gasteiger partial charge in [-0.05, 0) is 18.2 Å². The molecular weight excluding hydrogens is 216 g/mol. The SMILES string of the molecule is COc1ccc2c(c1)CN1CCNCC1CO2. The first-order chi connectivity index (χ1) is 8.36. The number of hydrogen-bond acceptors (Lipinski definition) is 4. The van der Waals surface area contributed by atoms with Gasteiger partial charge in [0.05, 0.1) is 13.2 Å². The van der Waals surface area contributed by atoms with Gasteiger partial charge in [-0.2, -0.15) is 0 Å². The van der Waals surface area contributed by atoms with Crippen molar-refractivity contribution in [2.45, 2.75) is 12.6 Å². The first-order valence-electron chi connectivity index (χ1n) is 6.11. The van der Waals surface area contributed by atoms with Crippen LogP contribution in [0.1, 0.15) is 5.56 Å². The van der Waals surface area contributed by atoms with Crippen LogP contribution in [-0.2, 0) is 6.54 Å². The maximum Gasteiger partial charge on any atom is 0.124 e. The van der Waals surface area contributed by atoms with Crippen LogP contribution in [0.2, 0.25) is 0 Å². The van der Waals surface area contributed by atoms with Crippen molar-refractivity contribution in [3.05, 3.63) is 23.8 Å². The van der Waals surface area contributed by atoms with Crippen LogP contribution in [0.15, 0.2) is 18.2 Å². The van der Waals surface area contributed by atoms with Gasteiger partial charge in [-0.1, -0.05) is 0 Å². The molecule has 0 spiro atoms. The Balaban J connectivity index is 1.88. The van der Waals surface area contributed by atoms with Crippen molar-refractivity contribution in [1.82, 2.24) is 10.2 Å². The molecule has 1 fully saturated rings. The highest BCUT2D eigenvalue weighted by atomic mass is 16.5. The first-order valence-corrected chi connectivity index (χ1v) is 6.11. The number of rotatable bonds is 1. The van der Waals surface area contributed by atoms with Gasteiger partial charge >= 0.3 is 0 Å². The summed E-state index contributed by atoms with van der Waals surface area (Å²) in [6.45, 7) is 4.90. The van der Waals surface area contributed by atoms with Crippen molar-refractivity contribution in [3.63, 3.8) is 0 Å². The number of benzene rings is 1. The third-order valence-electron chi connectivity index (χ3n) is 3.54. The van der Waals surface area contributed by atoms with E-state index in [1.165, 1.54) is 5.56 Å². The Morgan fingerprint density at radius 1 is 1.47 bits per heavy atom. The zero-order valence-corrected chi connectivity index (χ0v) is 10.1. The van der Waals surface area contributed by atoms with Crippen molar-refractivity contribution in [2.24, 2.45) is 0 Å². The van der Waals surface area contributed by atoms with Crippen LogP contribution in [-0.4, -0.2) is 44.3 Å². The van der Waals surface area contributed by atoms with E-state index in [0.717, 1.165) is 44.3 Å². The summed E-state index contributed by atoms with van der Waals surface area (Å²) < 4.78 is 11.2. The van der Waals surface area contributed by atoms with Crippen LogP contribution in [0, 0.1) is 0 Å². The molecule has 1 unspecified atom stereocenters. The van der Waals surface area contributed by atoms with Gasteiger partial charge < -0.3 is 14.8 Å². The van der Waals surface area contributed by atoms with Gasteiger partial charge in [0, 0.05) is 31.7 Å². The van der Waals surface area contributed by atoms with E-state index in [1.807, 2.05) is 12.1 Å². The first kappa shape index (κ1) is 10.9. The fourth-order valence-electron chi connectivity index (χ4n) is 2.53. The number of piperazine rings is 1. The van der Waals surface area contributed by atoms with Crippen LogP contribution in [0.3, 0.4) is 0 Å². The molecule has 0 amide bonds. The fraction of sp³-hybridized carbons (Fsp3) is 0.538. The molecule has 4 heteroatoms. The number of fused-ring (bicyclic) bond motifs is 2. The van der Waals surface area contributed by atoms with Gasteiger partial charge in [0.25, 0.3) is 0 Å². The average Bonchev–Trinajstić information content (AvgIpc) is 2.56. The van der Waals surface area contributed by atoms with E-state index in [4.69, 9.17) is 9.47 Å². The molecule has 2 aliphatic rings. The van der Waals surface area contributed by atoms with Crippen LogP contribution in [0.5, 0.6) is 11.5 Å². The van der Waals surface area contributed by atoms with E-state index < -0.39 is 0 Å². The second-order valence-electron chi connectivity index (χ2n) is 4.61. The largest absolute Gasteiger partial charge is 0.497 e. The Labute approximate surface area is 102 Å². The quantitative estimate of drug-likeness (QED) is 0.781. The molecule has 92 valence electrons. The number of ether oxygens (including phenoxy) is 2. The predicted molar refractivity (Wildman–Crippen MR) is 65.6 cm³/mol. The number of nitrogens with one attached hydrogen (secondary N) is 1. The monoisotopic (exact) mass is 234 g/mol. The van der Waals surface area contributed by atoms with E-state index in [9.17, 15) is 0 Å². The maximum atomic E-state index is 5.88. The van der Waals surface area contributed by atoms with Gasteiger partial charge in [-0.15, -0.1) is 0 Å². The second kappa shape index (κ2) is 4.55. The molecule has 1 N–H and O–H groups in total. The van der Waals surface area contributed by atoms with Gasteiger partial charge in [-0.3, -0.25) is 4.90 Å². The normalized spacial score (nSPS) is 24.2. The third-order valence-corrected chi connectivity index (χ3v) is 3.54. The summed E-state index contributed by atoms with van der Waals surface area (Å²) in [4.78, 5) is 2.49. The predicted octanol–water partition coefficient (Wildman–Crippen LogP) is 0.861. The summed E-state index contributed by atoms with van der Waals surface area (Å²) in [6, 6.07) is 6.54. The van der Waals surface area contributed by atoms with E-state index in [-0.39, 0.29) is 0 Å². The fourth-order valence-corrected chi connectivity index (χ4v) is 2.53. The van der Waals surface area contributed by atoms with Crippen LogP contribution in [0.4, 0.5) is 0 Å². The molecule has 4 nitrogen and oxygen atoms in total. The van der Waals surface area contributed by atoms with Gasteiger partial charge in [0.1, 0.15) is 18.1 Å². The second-order valence-corrected chi connectivity index (χ2v) is 4.61. The van der Waals surface area contributed by atoms with E-state index >= 15 is 0 Å². The highest BCUT2D eigenvalue weighted by Gasteiger charge is 2.26. The molecule has 2 heterocycles. The Morgan fingerprint density at radius 3 is 3.29 bits per heavy atom. The Morgan fingerprint density at radius 2 is 2.41 bits per heavy atom. The number of hydrogen-bond donors (Lipinski definition) is 1. The number of methoxy groups -OCH3 is 1. The zero-order valence-electron chi connectivity index (χ0n) is 10.1. The minimum Gasteiger partial charge on any atom is -0.497 e. The van der Waals surface area contributed by atoms with E-state index in [0.29, 0.717) is 6.04 Å². The summed E-state index contributed by atoms with van der Waals surface area (Å²) in [5, 5.41) is 3.41. The molecule has 1 aromatic carbocycles. The van der Waals surface area contributed by atoms with E-state index in [1.54, 1.807) is 7.11 Å². The molecule has 0 aromatic heterocycles. The molecule has 3 rings (SSSR count). The Hall–Kier alpha value is -1.26. The van der Waals surface area contributed by atoms with Crippen LogP contribution < -0.4 is 14.8 Å². The third kappa shape index (κ3) is 2.10. The molecule has 0 radical (unpaired) electrons. The lowest BCUT2D eigenvalue weighted by atomic mass is 10.1. The molecule has 1 aromatic rings.